The first kappa shape index (κ1) is 12.5. The van der Waals surface area contributed by atoms with E-state index in [2.05, 4.69) is 10.6 Å². The largest absolute Gasteiger partial charge is 0.352 e. The number of hydrogen-bond donors (Lipinski definition) is 2. The molecule has 0 radical (unpaired) electrons. The second kappa shape index (κ2) is 6.00. The van der Waals surface area contributed by atoms with Crippen molar-refractivity contribution in [3.63, 3.8) is 0 Å². The third-order valence-electron chi connectivity index (χ3n) is 2.21. The standard InChI is InChI=1S/C9H16N2O.ClH/c1-3-7(2)9(12)11-6-8-4-10-5-8;/h3,8,10H,4-6H2,1-2H3,(H,11,12);1H/b7-3-;. The SMILES string of the molecule is C/C=C(/C)C(=O)NCC1CNC1.Cl. The number of rotatable bonds is 3. The summed E-state index contributed by atoms with van der Waals surface area (Å²) in [6.45, 7) is 6.58. The summed E-state index contributed by atoms with van der Waals surface area (Å²) < 4.78 is 0. The first-order chi connectivity index (χ1) is 5.74. The van der Waals surface area contributed by atoms with Crippen LogP contribution in [0.4, 0.5) is 0 Å². The van der Waals surface area contributed by atoms with Gasteiger partial charge in [-0.15, -0.1) is 12.4 Å². The van der Waals surface area contributed by atoms with Crippen LogP contribution in [0.25, 0.3) is 0 Å². The van der Waals surface area contributed by atoms with Crippen molar-refractivity contribution in [2.24, 2.45) is 5.92 Å². The van der Waals surface area contributed by atoms with Crippen LogP contribution in [0.3, 0.4) is 0 Å². The Morgan fingerprint density at radius 2 is 2.23 bits per heavy atom. The number of amides is 1. The molecule has 3 nitrogen and oxygen atoms in total. The van der Waals surface area contributed by atoms with Crippen molar-refractivity contribution in [3.8, 4) is 0 Å². The molecule has 1 rings (SSSR count). The van der Waals surface area contributed by atoms with E-state index < -0.39 is 0 Å². The van der Waals surface area contributed by atoms with E-state index in [4.69, 9.17) is 0 Å². The highest BCUT2D eigenvalue weighted by Crippen LogP contribution is 2.00. The van der Waals surface area contributed by atoms with Gasteiger partial charge in [-0.1, -0.05) is 6.08 Å². The summed E-state index contributed by atoms with van der Waals surface area (Å²) in [5.74, 6) is 0.697. The number of carbonyl (C=O) groups is 1. The Kier molecular flexibility index (Phi) is 5.75. The van der Waals surface area contributed by atoms with Crippen molar-refractivity contribution in [2.75, 3.05) is 19.6 Å². The number of hydrogen-bond acceptors (Lipinski definition) is 2. The van der Waals surface area contributed by atoms with Crippen LogP contribution in [-0.2, 0) is 4.79 Å². The van der Waals surface area contributed by atoms with Gasteiger partial charge in [-0.25, -0.2) is 0 Å². The molecule has 1 aliphatic rings. The molecule has 0 aliphatic carbocycles. The summed E-state index contributed by atoms with van der Waals surface area (Å²) in [7, 11) is 0. The van der Waals surface area contributed by atoms with Gasteiger partial charge in [0.2, 0.25) is 5.91 Å². The average Bonchev–Trinajstić information content (AvgIpc) is 2.00. The van der Waals surface area contributed by atoms with Gasteiger partial charge in [-0.3, -0.25) is 4.79 Å². The van der Waals surface area contributed by atoms with Gasteiger partial charge >= 0.3 is 0 Å². The number of nitrogens with one attached hydrogen (secondary N) is 2. The molecule has 76 valence electrons. The first-order valence-electron chi connectivity index (χ1n) is 4.36. The summed E-state index contributed by atoms with van der Waals surface area (Å²) in [5, 5.41) is 6.05. The first-order valence-corrected chi connectivity index (χ1v) is 4.36. The molecule has 0 saturated carbocycles. The molecule has 1 amide bonds. The lowest BCUT2D eigenvalue weighted by molar-refractivity contribution is -0.117. The zero-order chi connectivity index (χ0) is 8.97. The van der Waals surface area contributed by atoms with E-state index in [0.717, 1.165) is 25.2 Å². The molecule has 4 heteroatoms. The maximum atomic E-state index is 11.2. The van der Waals surface area contributed by atoms with E-state index in [1.54, 1.807) is 0 Å². The van der Waals surface area contributed by atoms with Gasteiger partial charge in [-0.05, 0) is 13.8 Å². The highest BCUT2D eigenvalue weighted by Gasteiger charge is 2.16. The van der Waals surface area contributed by atoms with Crippen LogP contribution < -0.4 is 10.6 Å². The molecule has 1 heterocycles. The predicted molar refractivity (Wildman–Crippen MR) is 56.0 cm³/mol. The molecule has 1 aliphatic heterocycles. The molecule has 2 N–H and O–H groups in total. The third-order valence-corrected chi connectivity index (χ3v) is 2.21. The topological polar surface area (TPSA) is 41.1 Å². The van der Waals surface area contributed by atoms with Gasteiger partial charge in [0, 0.05) is 31.1 Å². The van der Waals surface area contributed by atoms with Crippen molar-refractivity contribution in [1.82, 2.24) is 10.6 Å². The molecular weight excluding hydrogens is 188 g/mol. The van der Waals surface area contributed by atoms with E-state index in [-0.39, 0.29) is 18.3 Å². The van der Waals surface area contributed by atoms with Gasteiger partial charge in [0.25, 0.3) is 0 Å². The van der Waals surface area contributed by atoms with Crippen LogP contribution in [0, 0.1) is 5.92 Å². The van der Waals surface area contributed by atoms with Gasteiger partial charge in [-0.2, -0.15) is 0 Å². The van der Waals surface area contributed by atoms with E-state index in [0.29, 0.717) is 5.92 Å². The van der Waals surface area contributed by atoms with Gasteiger partial charge in [0.05, 0.1) is 0 Å². The molecule has 0 aromatic heterocycles. The van der Waals surface area contributed by atoms with Crippen LogP contribution in [0.15, 0.2) is 11.6 Å². The van der Waals surface area contributed by atoms with Crippen LogP contribution >= 0.6 is 12.4 Å². The Hall–Kier alpha value is -0.540. The normalized spacial score (nSPS) is 17.2. The molecular formula is C9H17ClN2O. The van der Waals surface area contributed by atoms with Crippen molar-refractivity contribution in [3.05, 3.63) is 11.6 Å². The second-order valence-electron chi connectivity index (χ2n) is 3.21. The second-order valence-corrected chi connectivity index (χ2v) is 3.21. The highest BCUT2D eigenvalue weighted by molar-refractivity contribution is 5.92. The van der Waals surface area contributed by atoms with Crippen LogP contribution in [0.2, 0.25) is 0 Å². The highest BCUT2D eigenvalue weighted by atomic mass is 35.5. The maximum Gasteiger partial charge on any atom is 0.246 e. The molecule has 0 bridgehead atoms. The Morgan fingerprint density at radius 1 is 1.62 bits per heavy atom. The Balaban J connectivity index is 0.00000144. The predicted octanol–water partition coefficient (Wildman–Crippen LogP) is 0.710. The van der Waals surface area contributed by atoms with Gasteiger partial charge in [0.15, 0.2) is 0 Å². The third kappa shape index (κ3) is 3.79. The smallest absolute Gasteiger partial charge is 0.246 e. The summed E-state index contributed by atoms with van der Waals surface area (Å²) in [4.78, 5) is 11.2. The molecule has 13 heavy (non-hydrogen) atoms. The molecule has 1 fully saturated rings. The van der Waals surface area contributed by atoms with Crippen molar-refractivity contribution < 1.29 is 4.79 Å². The fourth-order valence-corrected chi connectivity index (χ4v) is 1.00. The van der Waals surface area contributed by atoms with Gasteiger partial charge < -0.3 is 10.6 Å². The minimum absolute atomic E-state index is 0. The molecule has 1 saturated heterocycles. The van der Waals surface area contributed by atoms with Crippen LogP contribution in [-0.4, -0.2) is 25.5 Å². The average molecular weight is 205 g/mol. The molecule has 0 spiro atoms. The van der Waals surface area contributed by atoms with Gasteiger partial charge in [0.1, 0.15) is 0 Å². The lowest BCUT2D eigenvalue weighted by Gasteiger charge is -2.27. The molecule has 0 unspecified atom stereocenters. The zero-order valence-electron chi connectivity index (χ0n) is 8.09. The monoisotopic (exact) mass is 204 g/mol. The lowest BCUT2D eigenvalue weighted by atomic mass is 10.0. The number of halogens is 1. The van der Waals surface area contributed by atoms with Crippen LogP contribution in [0.1, 0.15) is 13.8 Å². The Bertz CT molecular complexity index is 200. The summed E-state index contributed by atoms with van der Waals surface area (Å²) >= 11 is 0. The fourth-order valence-electron chi connectivity index (χ4n) is 1.00. The van der Waals surface area contributed by atoms with Crippen molar-refractivity contribution in [1.29, 1.82) is 0 Å². The molecule has 0 aromatic carbocycles. The molecule has 0 atom stereocenters. The Morgan fingerprint density at radius 3 is 2.62 bits per heavy atom. The maximum absolute atomic E-state index is 11.2. The summed E-state index contributed by atoms with van der Waals surface area (Å²) in [6.07, 6.45) is 1.83. The summed E-state index contributed by atoms with van der Waals surface area (Å²) in [5.41, 5.74) is 0.794. The minimum Gasteiger partial charge on any atom is -0.352 e. The van der Waals surface area contributed by atoms with Crippen molar-refractivity contribution in [2.45, 2.75) is 13.8 Å². The zero-order valence-corrected chi connectivity index (χ0v) is 8.91. The number of allylic oxidation sites excluding steroid dienone is 1. The lowest BCUT2D eigenvalue weighted by Crippen LogP contribution is -2.48. The number of carbonyl (C=O) groups excluding carboxylic acids is 1. The van der Waals surface area contributed by atoms with E-state index in [9.17, 15) is 4.79 Å². The fraction of sp³-hybridized carbons (Fsp3) is 0.667. The van der Waals surface area contributed by atoms with E-state index >= 15 is 0 Å². The summed E-state index contributed by atoms with van der Waals surface area (Å²) in [6, 6.07) is 0. The quantitative estimate of drug-likeness (QED) is 0.665. The van der Waals surface area contributed by atoms with Crippen LogP contribution in [0.5, 0.6) is 0 Å². The van der Waals surface area contributed by atoms with E-state index in [1.165, 1.54) is 0 Å². The minimum atomic E-state index is 0. The van der Waals surface area contributed by atoms with E-state index in [1.807, 2.05) is 19.9 Å². The Labute approximate surface area is 85.4 Å². The molecule has 0 aromatic rings. The van der Waals surface area contributed by atoms with Crippen molar-refractivity contribution >= 4 is 18.3 Å².